The van der Waals surface area contributed by atoms with Gasteiger partial charge in [0.05, 0.1) is 23.8 Å². The number of carbonyl (C=O) groups is 3. The number of methoxy groups -OCH3 is 1. The summed E-state index contributed by atoms with van der Waals surface area (Å²) in [5.41, 5.74) is 0.301. The topological polar surface area (TPSA) is 151 Å². The van der Waals surface area contributed by atoms with Gasteiger partial charge in [-0.1, -0.05) is 32.9 Å². The van der Waals surface area contributed by atoms with Crippen molar-refractivity contribution in [3.05, 3.63) is 51.6 Å². The molecule has 2 aromatic carbocycles. The van der Waals surface area contributed by atoms with E-state index >= 15 is 0 Å². The number of carbonyl (C=O) groups excluding carboxylic acids is 3. The number of fused-ring (bicyclic) bond motifs is 3. The molecule has 2 aliphatic carbocycles. The molecule has 1 heterocycles. The predicted octanol–water partition coefficient (Wildman–Crippen LogP) is 3.33. The van der Waals surface area contributed by atoms with Crippen molar-refractivity contribution < 1.29 is 44.3 Å². The number of benzene rings is 2. The average molecular weight is 529 g/mol. The number of hydrogen-bond acceptors (Lipinski definition) is 9. The molecule has 38 heavy (non-hydrogen) atoms. The van der Waals surface area contributed by atoms with Gasteiger partial charge in [-0.3, -0.25) is 14.4 Å². The van der Waals surface area contributed by atoms with E-state index in [4.69, 9.17) is 19.7 Å². The van der Waals surface area contributed by atoms with E-state index in [1.165, 1.54) is 13.2 Å². The summed E-state index contributed by atoms with van der Waals surface area (Å²) < 4.78 is 10.1. The van der Waals surface area contributed by atoms with Crippen LogP contribution in [0.2, 0.25) is 0 Å². The Morgan fingerprint density at radius 2 is 1.68 bits per heavy atom. The zero-order chi connectivity index (χ0) is 28.1. The van der Waals surface area contributed by atoms with E-state index in [0.29, 0.717) is 17.9 Å². The van der Waals surface area contributed by atoms with E-state index < -0.39 is 30.4 Å². The van der Waals surface area contributed by atoms with Crippen molar-refractivity contribution in [3.8, 4) is 17.2 Å². The molecule has 0 saturated carbocycles. The fourth-order valence-corrected chi connectivity index (χ4v) is 5.15. The SMILES string of the molecule is CC.CC1CCOC(O)C1.COc1cccc2c1C(=O)c1c(O)c3c(c(O)c1C2=O)CC(C(=O)CO)CC3. The van der Waals surface area contributed by atoms with Gasteiger partial charge in [-0.05, 0) is 37.7 Å². The molecule has 3 aliphatic rings. The van der Waals surface area contributed by atoms with Crippen molar-refractivity contribution in [1.29, 1.82) is 0 Å². The number of phenols is 2. The van der Waals surface area contributed by atoms with E-state index in [2.05, 4.69) is 6.92 Å². The van der Waals surface area contributed by atoms with Crippen molar-refractivity contribution in [2.24, 2.45) is 11.8 Å². The van der Waals surface area contributed by atoms with Gasteiger partial charge in [0.15, 0.2) is 17.9 Å². The van der Waals surface area contributed by atoms with E-state index in [-0.39, 0.29) is 63.7 Å². The lowest BCUT2D eigenvalue weighted by Gasteiger charge is -2.29. The molecule has 0 aromatic heterocycles. The summed E-state index contributed by atoms with van der Waals surface area (Å²) in [5, 5.41) is 39.6. The average Bonchev–Trinajstić information content (AvgIpc) is 2.93. The third-order valence-corrected chi connectivity index (χ3v) is 7.16. The highest BCUT2D eigenvalue weighted by atomic mass is 16.6. The van der Waals surface area contributed by atoms with Crippen LogP contribution < -0.4 is 4.74 Å². The van der Waals surface area contributed by atoms with Crippen molar-refractivity contribution >= 4 is 17.3 Å². The molecule has 1 aliphatic heterocycles. The highest BCUT2D eigenvalue weighted by molar-refractivity contribution is 6.31. The Hall–Kier alpha value is -3.27. The van der Waals surface area contributed by atoms with Crippen LogP contribution >= 0.6 is 0 Å². The Kier molecular flexibility index (Phi) is 9.65. The summed E-state index contributed by atoms with van der Waals surface area (Å²) in [6, 6.07) is 4.59. The highest BCUT2D eigenvalue weighted by Gasteiger charge is 2.40. The molecule has 5 rings (SSSR count). The molecule has 1 fully saturated rings. The number of phenolic OH excluding ortho intramolecular Hbond substituents is 2. The Morgan fingerprint density at radius 1 is 1.03 bits per heavy atom. The summed E-state index contributed by atoms with van der Waals surface area (Å²) in [5.74, 6) is -1.92. The molecular weight excluding hydrogens is 492 g/mol. The molecule has 3 atom stereocenters. The number of ketones is 3. The maximum absolute atomic E-state index is 13.1. The maximum Gasteiger partial charge on any atom is 0.202 e. The summed E-state index contributed by atoms with van der Waals surface area (Å²) in [7, 11) is 1.38. The molecule has 1 saturated heterocycles. The van der Waals surface area contributed by atoms with Gasteiger partial charge < -0.3 is 29.9 Å². The lowest BCUT2D eigenvalue weighted by Crippen LogP contribution is -2.28. The maximum atomic E-state index is 13.1. The monoisotopic (exact) mass is 528 g/mol. The molecule has 4 N–H and O–H groups in total. The van der Waals surface area contributed by atoms with Gasteiger partial charge in [0, 0.05) is 35.6 Å². The van der Waals surface area contributed by atoms with E-state index in [0.717, 1.165) is 19.4 Å². The molecule has 2 aromatic rings. The molecular formula is C29H36O9. The van der Waals surface area contributed by atoms with Crippen LogP contribution in [0.15, 0.2) is 18.2 Å². The van der Waals surface area contributed by atoms with Crippen LogP contribution in [0.3, 0.4) is 0 Å². The van der Waals surface area contributed by atoms with Gasteiger partial charge in [0.25, 0.3) is 0 Å². The first-order chi connectivity index (χ1) is 18.2. The van der Waals surface area contributed by atoms with Crippen LogP contribution in [0.4, 0.5) is 0 Å². The molecule has 0 amide bonds. The third-order valence-electron chi connectivity index (χ3n) is 7.16. The second kappa shape index (κ2) is 12.5. The zero-order valence-corrected chi connectivity index (χ0v) is 22.2. The van der Waals surface area contributed by atoms with Crippen LogP contribution in [0.25, 0.3) is 0 Å². The minimum atomic E-state index is -0.609. The molecule has 206 valence electrons. The number of rotatable bonds is 3. The second-order valence-electron chi connectivity index (χ2n) is 9.46. The first-order valence-electron chi connectivity index (χ1n) is 13.0. The molecule has 0 spiro atoms. The van der Waals surface area contributed by atoms with Crippen LogP contribution in [0.5, 0.6) is 17.2 Å². The van der Waals surface area contributed by atoms with Crippen LogP contribution in [-0.2, 0) is 22.4 Å². The smallest absolute Gasteiger partial charge is 0.202 e. The van der Waals surface area contributed by atoms with Crippen LogP contribution in [0, 0.1) is 11.8 Å². The molecule has 3 unspecified atom stereocenters. The van der Waals surface area contributed by atoms with Crippen molar-refractivity contribution in [1.82, 2.24) is 0 Å². The van der Waals surface area contributed by atoms with Gasteiger partial charge in [0.1, 0.15) is 23.9 Å². The number of ether oxygens (including phenoxy) is 2. The Labute approximate surface area is 222 Å². The third kappa shape index (κ3) is 5.45. The number of hydrogen-bond donors (Lipinski definition) is 4. The van der Waals surface area contributed by atoms with Crippen molar-refractivity contribution in [2.75, 3.05) is 20.3 Å². The number of Topliss-reactive ketones (excluding diaryl/α,β-unsaturated/α-hetero) is 1. The minimum absolute atomic E-state index is 0.0568. The van der Waals surface area contributed by atoms with Crippen LogP contribution in [0.1, 0.15) is 83.0 Å². The molecule has 9 nitrogen and oxygen atoms in total. The highest BCUT2D eigenvalue weighted by Crippen LogP contribution is 2.47. The first kappa shape index (κ1) is 29.3. The van der Waals surface area contributed by atoms with E-state index in [9.17, 15) is 24.6 Å². The first-order valence-corrected chi connectivity index (χ1v) is 13.0. The fourth-order valence-electron chi connectivity index (χ4n) is 5.15. The zero-order valence-electron chi connectivity index (χ0n) is 22.2. The normalized spacial score (nSPS) is 21.5. The largest absolute Gasteiger partial charge is 0.507 e. The van der Waals surface area contributed by atoms with Gasteiger partial charge >= 0.3 is 0 Å². The quantitative estimate of drug-likeness (QED) is 0.375. The Morgan fingerprint density at radius 3 is 2.26 bits per heavy atom. The summed E-state index contributed by atoms with van der Waals surface area (Å²) in [4.78, 5) is 38.1. The summed E-state index contributed by atoms with van der Waals surface area (Å²) >= 11 is 0. The number of aromatic hydroxyl groups is 2. The van der Waals surface area contributed by atoms with E-state index in [1.54, 1.807) is 12.1 Å². The fraction of sp³-hybridized carbons (Fsp3) is 0.483. The lowest BCUT2D eigenvalue weighted by atomic mass is 9.75. The van der Waals surface area contributed by atoms with E-state index in [1.807, 2.05) is 13.8 Å². The minimum Gasteiger partial charge on any atom is -0.507 e. The molecule has 9 heteroatoms. The number of aliphatic hydroxyl groups is 2. The van der Waals surface area contributed by atoms with Gasteiger partial charge in [-0.15, -0.1) is 0 Å². The van der Waals surface area contributed by atoms with Gasteiger partial charge in [-0.2, -0.15) is 0 Å². The van der Waals surface area contributed by atoms with Gasteiger partial charge in [0.2, 0.25) is 5.78 Å². The van der Waals surface area contributed by atoms with Gasteiger partial charge in [-0.25, -0.2) is 0 Å². The molecule has 0 bridgehead atoms. The van der Waals surface area contributed by atoms with Crippen LogP contribution in [-0.4, -0.2) is 64.4 Å². The Bertz CT molecular complexity index is 1210. The Balaban J connectivity index is 0.000000339. The predicted molar refractivity (Wildman–Crippen MR) is 139 cm³/mol. The standard InChI is InChI=1S/C21H18O7.C6H12O2.C2H6/c1-28-14-4-2-3-11-15(14)21(27)17-16(19(11)25)20(26)12-7-9(13(23)8-22)5-6-10(12)18(17)24;1-5-2-3-8-6(7)4-5;1-2/h2-4,9,22,24,26H,5-8H2,1H3;5-7H,2-4H2,1H3;1-2H3. The lowest BCUT2D eigenvalue weighted by molar-refractivity contribution is -0.136. The summed E-state index contributed by atoms with van der Waals surface area (Å²) in [6.07, 6.45) is 2.13. The summed E-state index contributed by atoms with van der Waals surface area (Å²) in [6.45, 7) is 6.25. The molecule has 0 radical (unpaired) electrons. The second-order valence-corrected chi connectivity index (χ2v) is 9.46. The number of aliphatic hydroxyl groups excluding tert-OH is 2. The van der Waals surface area contributed by atoms with Crippen molar-refractivity contribution in [2.45, 2.75) is 59.2 Å². The van der Waals surface area contributed by atoms with Crippen molar-refractivity contribution in [3.63, 3.8) is 0 Å².